The summed E-state index contributed by atoms with van der Waals surface area (Å²) >= 11 is 0. The molecule has 0 saturated carbocycles. The quantitative estimate of drug-likeness (QED) is 0.265. The van der Waals surface area contributed by atoms with Crippen LogP contribution in [0.5, 0.6) is 5.75 Å². The van der Waals surface area contributed by atoms with Gasteiger partial charge in [0.25, 0.3) is 0 Å². The molecule has 3 rings (SSSR count). The maximum atomic E-state index is 5.91. The number of anilines is 1. The van der Waals surface area contributed by atoms with Crippen molar-refractivity contribution in [1.82, 2.24) is 10.6 Å². The molecule has 1 aliphatic heterocycles. The zero-order chi connectivity index (χ0) is 21.9. The summed E-state index contributed by atoms with van der Waals surface area (Å²) in [6, 6.07) is 14.9. The van der Waals surface area contributed by atoms with E-state index in [-0.39, 0.29) is 0 Å². The van der Waals surface area contributed by atoms with Crippen LogP contribution in [-0.2, 0) is 17.8 Å². The third kappa shape index (κ3) is 7.03. The molecule has 2 aromatic rings. The number of guanidine groups is 1. The molecule has 0 amide bonds. The largest absolute Gasteiger partial charge is 0.491 e. The van der Waals surface area contributed by atoms with E-state index in [0.717, 1.165) is 36.9 Å². The van der Waals surface area contributed by atoms with Crippen LogP contribution in [-0.4, -0.2) is 45.9 Å². The highest BCUT2D eigenvalue weighted by molar-refractivity contribution is 5.79. The smallest absolute Gasteiger partial charge is 0.191 e. The number of rotatable bonds is 10. The number of benzene rings is 2. The Balaban J connectivity index is 1.63. The van der Waals surface area contributed by atoms with E-state index in [0.29, 0.717) is 26.3 Å². The summed E-state index contributed by atoms with van der Waals surface area (Å²) in [6.07, 6.45) is 4.41. The Labute approximate surface area is 186 Å². The molecule has 0 fully saturated rings. The Morgan fingerprint density at radius 3 is 2.68 bits per heavy atom. The summed E-state index contributed by atoms with van der Waals surface area (Å²) in [5, 5.41) is 6.77. The van der Waals surface area contributed by atoms with E-state index in [1.165, 1.54) is 16.8 Å². The minimum atomic E-state index is 0.532. The maximum Gasteiger partial charge on any atom is 0.191 e. The molecule has 6 nitrogen and oxygen atoms in total. The van der Waals surface area contributed by atoms with Crippen molar-refractivity contribution in [1.29, 1.82) is 0 Å². The number of aryl methyl sites for hydroxylation is 1. The lowest BCUT2D eigenvalue weighted by Crippen LogP contribution is -2.36. The van der Waals surface area contributed by atoms with Gasteiger partial charge in [0.15, 0.2) is 5.96 Å². The van der Waals surface area contributed by atoms with Gasteiger partial charge in [0.1, 0.15) is 12.4 Å². The summed E-state index contributed by atoms with van der Waals surface area (Å²) in [7, 11) is 1.68. The second-order valence-corrected chi connectivity index (χ2v) is 7.55. The summed E-state index contributed by atoms with van der Waals surface area (Å²) < 4.78 is 11.0. The minimum Gasteiger partial charge on any atom is -0.491 e. The Kier molecular flexibility index (Phi) is 8.79. The summed E-state index contributed by atoms with van der Waals surface area (Å²) in [4.78, 5) is 7.14. The molecule has 2 N–H and O–H groups in total. The van der Waals surface area contributed by atoms with E-state index in [1.54, 1.807) is 7.11 Å². The zero-order valence-corrected chi connectivity index (χ0v) is 18.9. The Morgan fingerprint density at radius 1 is 1.06 bits per heavy atom. The first-order valence-electron chi connectivity index (χ1n) is 10.9. The van der Waals surface area contributed by atoms with Crippen molar-refractivity contribution >= 4 is 11.6 Å². The molecule has 0 aromatic heterocycles. The third-order valence-electron chi connectivity index (χ3n) is 5.07. The van der Waals surface area contributed by atoms with Crippen molar-refractivity contribution < 1.29 is 9.47 Å². The molecule has 1 heterocycles. The van der Waals surface area contributed by atoms with Gasteiger partial charge in [-0.15, -0.1) is 0 Å². The van der Waals surface area contributed by atoms with Gasteiger partial charge >= 0.3 is 0 Å². The van der Waals surface area contributed by atoms with E-state index in [4.69, 9.17) is 14.5 Å². The number of methoxy groups -OCH3 is 1. The number of hydrogen-bond acceptors (Lipinski definition) is 4. The number of nitrogens with zero attached hydrogens (tertiary/aromatic N) is 2. The lowest BCUT2D eigenvalue weighted by Gasteiger charge is -2.18. The lowest BCUT2D eigenvalue weighted by molar-refractivity contribution is 0.145. The topological polar surface area (TPSA) is 58.1 Å². The van der Waals surface area contributed by atoms with Crippen LogP contribution in [0.15, 0.2) is 59.6 Å². The molecule has 2 aromatic carbocycles. The molecule has 0 aliphatic carbocycles. The molecule has 0 bridgehead atoms. The van der Waals surface area contributed by atoms with Gasteiger partial charge in [0, 0.05) is 44.5 Å². The first kappa shape index (κ1) is 22.7. The molecule has 6 heteroatoms. The van der Waals surface area contributed by atoms with Crippen LogP contribution in [0.2, 0.25) is 0 Å². The Hall–Kier alpha value is -2.99. The van der Waals surface area contributed by atoms with Gasteiger partial charge in [-0.25, -0.2) is 4.99 Å². The van der Waals surface area contributed by atoms with Crippen LogP contribution in [0.4, 0.5) is 5.69 Å². The van der Waals surface area contributed by atoms with Gasteiger partial charge in [-0.1, -0.05) is 36.4 Å². The fraction of sp³-hybridized carbons (Fsp3) is 0.400. The van der Waals surface area contributed by atoms with Crippen molar-refractivity contribution in [3.63, 3.8) is 0 Å². The fourth-order valence-electron chi connectivity index (χ4n) is 3.41. The van der Waals surface area contributed by atoms with Gasteiger partial charge in [0.2, 0.25) is 0 Å². The van der Waals surface area contributed by atoms with E-state index in [1.807, 2.05) is 0 Å². The van der Waals surface area contributed by atoms with Gasteiger partial charge in [-0.3, -0.25) is 0 Å². The predicted molar refractivity (Wildman–Crippen MR) is 128 cm³/mol. The van der Waals surface area contributed by atoms with Crippen molar-refractivity contribution in [3.8, 4) is 5.75 Å². The lowest BCUT2D eigenvalue weighted by atomic mass is 10.1. The van der Waals surface area contributed by atoms with Gasteiger partial charge in [-0.2, -0.15) is 0 Å². The van der Waals surface area contributed by atoms with E-state index in [9.17, 15) is 0 Å². The summed E-state index contributed by atoms with van der Waals surface area (Å²) in [5.41, 5.74) is 4.70. The molecule has 31 heavy (non-hydrogen) atoms. The highest BCUT2D eigenvalue weighted by Gasteiger charge is 2.09. The standard InChI is InChI=1S/C25H34N4O2/c1-4-26-25(27-18-21-8-7-9-23(17-21)29-12-5-6-13-29)28-19-22-11-10-20(2)16-24(22)31-15-14-30-3/h5-11,16-17H,4,12-15,18-19H2,1-3H3,(H2,26,27,28). The second kappa shape index (κ2) is 12.0. The van der Waals surface area contributed by atoms with Crippen LogP contribution in [0.3, 0.4) is 0 Å². The molecule has 1 aliphatic rings. The highest BCUT2D eigenvalue weighted by Crippen LogP contribution is 2.21. The van der Waals surface area contributed by atoms with E-state index >= 15 is 0 Å². The second-order valence-electron chi connectivity index (χ2n) is 7.55. The van der Waals surface area contributed by atoms with Crippen molar-refractivity contribution in [2.45, 2.75) is 26.9 Å². The van der Waals surface area contributed by atoms with Crippen molar-refractivity contribution in [3.05, 3.63) is 71.3 Å². The molecule has 0 spiro atoms. The average Bonchev–Trinajstić information content (AvgIpc) is 3.32. The highest BCUT2D eigenvalue weighted by atomic mass is 16.5. The maximum absolute atomic E-state index is 5.91. The van der Waals surface area contributed by atoms with Crippen LogP contribution in [0.1, 0.15) is 23.6 Å². The predicted octanol–water partition coefficient (Wildman–Crippen LogP) is 3.65. The van der Waals surface area contributed by atoms with Crippen LogP contribution < -0.4 is 20.3 Å². The van der Waals surface area contributed by atoms with Crippen molar-refractivity contribution in [2.75, 3.05) is 44.9 Å². The van der Waals surface area contributed by atoms with Crippen LogP contribution >= 0.6 is 0 Å². The van der Waals surface area contributed by atoms with Gasteiger partial charge in [-0.05, 0) is 43.2 Å². The Bertz CT molecular complexity index is 887. The van der Waals surface area contributed by atoms with E-state index in [2.05, 4.69) is 84.0 Å². The SMILES string of the molecule is CCNC(=NCc1cccc(N2CC=CC2)c1)NCc1ccc(C)cc1OCCOC. The summed E-state index contributed by atoms with van der Waals surface area (Å²) in [6.45, 7) is 9.24. The molecule has 0 atom stereocenters. The Morgan fingerprint density at radius 2 is 1.90 bits per heavy atom. The van der Waals surface area contributed by atoms with Crippen LogP contribution in [0.25, 0.3) is 0 Å². The molecule has 166 valence electrons. The zero-order valence-electron chi connectivity index (χ0n) is 18.9. The van der Waals surface area contributed by atoms with Crippen LogP contribution in [0, 0.1) is 6.92 Å². The fourth-order valence-corrected chi connectivity index (χ4v) is 3.41. The molecule has 0 unspecified atom stereocenters. The van der Waals surface area contributed by atoms with Crippen molar-refractivity contribution in [2.24, 2.45) is 4.99 Å². The minimum absolute atomic E-state index is 0.532. The number of aliphatic imine (C=N–C) groups is 1. The average molecular weight is 423 g/mol. The monoisotopic (exact) mass is 422 g/mol. The summed E-state index contributed by atoms with van der Waals surface area (Å²) in [5.74, 6) is 1.67. The normalized spacial score (nSPS) is 13.5. The number of hydrogen-bond donors (Lipinski definition) is 2. The molecular weight excluding hydrogens is 388 g/mol. The number of ether oxygens (including phenoxy) is 2. The third-order valence-corrected chi connectivity index (χ3v) is 5.07. The first-order valence-corrected chi connectivity index (χ1v) is 10.9. The van der Waals surface area contributed by atoms with E-state index < -0.39 is 0 Å². The molecular formula is C25H34N4O2. The van der Waals surface area contributed by atoms with Gasteiger partial charge in [0.05, 0.1) is 13.2 Å². The van der Waals surface area contributed by atoms with Gasteiger partial charge < -0.3 is 25.0 Å². The number of nitrogens with one attached hydrogen (secondary N) is 2. The first-order chi connectivity index (χ1) is 15.2. The molecule has 0 saturated heterocycles. The molecule has 0 radical (unpaired) electrons.